The SMILES string of the molecule is CCc1ccc(CS(=O)(=O)N[C@H](C(=O)O)C(C)C)cc1. The summed E-state index contributed by atoms with van der Waals surface area (Å²) in [4.78, 5) is 11.0. The molecule has 112 valence electrons. The summed E-state index contributed by atoms with van der Waals surface area (Å²) in [5.41, 5.74) is 1.77. The number of hydrogen-bond donors (Lipinski definition) is 2. The third-order valence-corrected chi connectivity index (χ3v) is 4.35. The molecule has 0 aliphatic rings. The van der Waals surface area contributed by atoms with Gasteiger partial charge in [0.05, 0.1) is 5.75 Å². The highest BCUT2D eigenvalue weighted by molar-refractivity contribution is 7.88. The van der Waals surface area contributed by atoms with E-state index in [0.717, 1.165) is 12.0 Å². The van der Waals surface area contributed by atoms with Crippen LogP contribution in [-0.2, 0) is 27.0 Å². The van der Waals surface area contributed by atoms with Gasteiger partial charge in [-0.15, -0.1) is 0 Å². The number of rotatable bonds is 7. The Morgan fingerprint density at radius 1 is 1.20 bits per heavy atom. The van der Waals surface area contributed by atoms with E-state index in [1.165, 1.54) is 0 Å². The fourth-order valence-corrected chi connectivity index (χ4v) is 3.27. The van der Waals surface area contributed by atoms with E-state index in [-0.39, 0.29) is 11.7 Å². The van der Waals surface area contributed by atoms with Crippen molar-refractivity contribution in [2.24, 2.45) is 5.92 Å². The van der Waals surface area contributed by atoms with Crippen LogP contribution < -0.4 is 4.72 Å². The first kappa shape index (κ1) is 16.7. The van der Waals surface area contributed by atoms with Crippen LogP contribution in [0.1, 0.15) is 31.9 Å². The Kier molecular flexibility index (Phi) is 5.71. The fourth-order valence-electron chi connectivity index (χ4n) is 1.80. The second-order valence-electron chi connectivity index (χ2n) is 5.11. The Bertz CT molecular complexity index is 549. The normalized spacial score (nSPS) is 13.4. The number of nitrogens with one attached hydrogen (secondary N) is 1. The average Bonchev–Trinajstić information content (AvgIpc) is 2.36. The van der Waals surface area contributed by atoms with Gasteiger partial charge in [0.1, 0.15) is 6.04 Å². The summed E-state index contributed by atoms with van der Waals surface area (Å²) in [5.74, 6) is -1.69. The molecule has 0 aromatic heterocycles. The predicted molar refractivity (Wildman–Crippen MR) is 77.8 cm³/mol. The molecule has 0 saturated carbocycles. The van der Waals surface area contributed by atoms with Crippen LogP contribution in [-0.4, -0.2) is 25.5 Å². The van der Waals surface area contributed by atoms with E-state index < -0.39 is 22.0 Å². The van der Waals surface area contributed by atoms with Crippen molar-refractivity contribution >= 4 is 16.0 Å². The lowest BCUT2D eigenvalue weighted by molar-refractivity contribution is -0.140. The smallest absolute Gasteiger partial charge is 0.321 e. The molecule has 0 bridgehead atoms. The lowest BCUT2D eigenvalue weighted by atomic mass is 10.1. The molecule has 2 N–H and O–H groups in total. The van der Waals surface area contributed by atoms with Crippen LogP contribution in [0.2, 0.25) is 0 Å². The molecule has 5 nitrogen and oxygen atoms in total. The van der Waals surface area contributed by atoms with E-state index >= 15 is 0 Å². The Morgan fingerprint density at radius 2 is 1.70 bits per heavy atom. The van der Waals surface area contributed by atoms with Crippen molar-refractivity contribution in [3.8, 4) is 0 Å². The lowest BCUT2D eigenvalue weighted by Gasteiger charge is -2.18. The summed E-state index contributed by atoms with van der Waals surface area (Å²) < 4.78 is 26.2. The first-order chi connectivity index (χ1) is 9.25. The molecule has 0 saturated heterocycles. The van der Waals surface area contributed by atoms with Crippen LogP contribution >= 0.6 is 0 Å². The van der Waals surface area contributed by atoms with Crippen molar-refractivity contribution in [2.45, 2.75) is 39.0 Å². The molecule has 0 spiro atoms. The molecule has 20 heavy (non-hydrogen) atoms. The fraction of sp³-hybridized carbons (Fsp3) is 0.500. The van der Waals surface area contributed by atoms with Gasteiger partial charge in [0.25, 0.3) is 0 Å². The second kappa shape index (κ2) is 6.85. The molecule has 0 radical (unpaired) electrons. The van der Waals surface area contributed by atoms with E-state index in [4.69, 9.17) is 5.11 Å². The predicted octanol–water partition coefficient (Wildman–Crippen LogP) is 1.78. The number of sulfonamides is 1. The van der Waals surface area contributed by atoms with Crippen molar-refractivity contribution < 1.29 is 18.3 Å². The highest BCUT2D eigenvalue weighted by Crippen LogP contribution is 2.10. The van der Waals surface area contributed by atoms with Gasteiger partial charge in [-0.1, -0.05) is 45.0 Å². The van der Waals surface area contributed by atoms with Gasteiger partial charge in [-0.25, -0.2) is 13.1 Å². The zero-order valence-corrected chi connectivity index (χ0v) is 12.8. The topological polar surface area (TPSA) is 83.5 Å². The number of benzene rings is 1. The average molecular weight is 299 g/mol. The molecule has 0 unspecified atom stereocenters. The van der Waals surface area contributed by atoms with E-state index in [0.29, 0.717) is 5.56 Å². The Labute approximate surface area is 120 Å². The summed E-state index contributed by atoms with van der Waals surface area (Å²) in [6.45, 7) is 5.35. The van der Waals surface area contributed by atoms with Gasteiger partial charge in [0, 0.05) is 0 Å². The van der Waals surface area contributed by atoms with Crippen LogP contribution in [0.25, 0.3) is 0 Å². The van der Waals surface area contributed by atoms with Crippen LogP contribution in [0, 0.1) is 5.92 Å². The minimum Gasteiger partial charge on any atom is -0.480 e. The van der Waals surface area contributed by atoms with E-state index in [1.807, 2.05) is 19.1 Å². The number of aliphatic carboxylic acids is 1. The molecule has 0 aliphatic heterocycles. The molecular formula is C14H21NO4S. The maximum absolute atomic E-state index is 12.0. The molecule has 1 aromatic carbocycles. The molecule has 0 heterocycles. The summed E-state index contributed by atoms with van der Waals surface area (Å²) in [5, 5.41) is 9.01. The first-order valence-electron chi connectivity index (χ1n) is 6.55. The Balaban J connectivity index is 2.80. The summed E-state index contributed by atoms with van der Waals surface area (Å²) in [6.07, 6.45) is 0.889. The van der Waals surface area contributed by atoms with Gasteiger partial charge < -0.3 is 5.11 Å². The summed E-state index contributed by atoms with van der Waals surface area (Å²) in [6, 6.07) is 6.16. The van der Waals surface area contributed by atoms with E-state index in [9.17, 15) is 13.2 Å². The number of carboxylic acid groups (broad SMARTS) is 1. The molecule has 1 rings (SSSR count). The van der Waals surface area contributed by atoms with Gasteiger partial charge >= 0.3 is 5.97 Å². The van der Waals surface area contributed by atoms with Crippen LogP contribution in [0.5, 0.6) is 0 Å². The van der Waals surface area contributed by atoms with Gasteiger partial charge in [-0.3, -0.25) is 4.79 Å². The zero-order chi connectivity index (χ0) is 15.3. The van der Waals surface area contributed by atoms with Crippen molar-refractivity contribution in [1.29, 1.82) is 0 Å². The number of hydrogen-bond acceptors (Lipinski definition) is 3. The maximum Gasteiger partial charge on any atom is 0.321 e. The minimum atomic E-state index is -3.67. The quantitative estimate of drug-likeness (QED) is 0.804. The van der Waals surface area contributed by atoms with Crippen molar-refractivity contribution in [3.05, 3.63) is 35.4 Å². The van der Waals surface area contributed by atoms with Crippen LogP contribution in [0.3, 0.4) is 0 Å². The van der Waals surface area contributed by atoms with Crippen LogP contribution in [0.4, 0.5) is 0 Å². The number of carboxylic acids is 1. The molecule has 1 aromatic rings. The number of aryl methyl sites for hydroxylation is 1. The van der Waals surface area contributed by atoms with Gasteiger partial charge in [0.15, 0.2) is 0 Å². The summed E-state index contributed by atoms with van der Waals surface area (Å²) >= 11 is 0. The standard InChI is InChI=1S/C14H21NO4S/c1-4-11-5-7-12(8-6-11)9-20(18,19)15-13(10(2)3)14(16)17/h5-8,10,13,15H,4,9H2,1-3H3,(H,16,17)/t13-/m0/s1. The number of carbonyl (C=O) groups is 1. The molecule has 0 amide bonds. The van der Waals surface area contributed by atoms with Crippen molar-refractivity contribution in [1.82, 2.24) is 4.72 Å². The van der Waals surface area contributed by atoms with Gasteiger partial charge in [0.2, 0.25) is 10.0 Å². The Morgan fingerprint density at radius 3 is 2.10 bits per heavy atom. The van der Waals surface area contributed by atoms with Gasteiger partial charge in [-0.2, -0.15) is 0 Å². The van der Waals surface area contributed by atoms with E-state index in [2.05, 4.69) is 4.72 Å². The molecule has 0 aliphatic carbocycles. The summed E-state index contributed by atoms with van der Waals surface area (Å²) in [7, 11) is -3.67. The second-order valence-corrected chi connectivity index (χ2v) is 6.86. The molecule has 6 heteroatoms. The van der Waals surface area contributed by atoms with Crippen molar-refractivity contribution in [2.75, 3.05) is 0 Å². The minimum absolute atomic E-state index is 0.215. The highest BCUT2D eigenvalue weighted by atomic mass is 32.2. The van der Waals surface area contributed by atoms with Crippen LogP contribution in [0.15, 0.2) is 24.3 Å². The van der Waals surface area contributed by atoms with E-state index in [1.54, 1.807) is 26.0 Å². The monoisotopic (exact) mass is 299 g/mol. The zero-order valence-electron chi connectivity index (χ0n) is 12.0. The Hall–Kier alpha value is -1.40. The largest absolute Gasteiger partial charge is 0.480 e. The van der Waals surface area contributed by atoms with Gasteiger partial charge in [-0.05, 0) is 23.5 Å². The maximum atomic E-state index is 12.0. The third-order valence-electron chi connectivity index (χ3n) is 3.03. The highest BCUT2D eigenvalue weighted by Gasteiger charge is 2.26. The molecular weight excluding hydrogens is 278 g/mol. The first-order valence-corrected chi connectivity index (χ1v) is 8.21. The molecule has 0 fully saturated rings. The lowest BCUT2D eigenvalue weighted by Crippen LogP contribution is -2.44. The third kappa shape index (κ3) is 4.94. The van der Waals surface area contributed by atoms with Crippen molar-refractivity contribution in [3.63, 3.8) is 0 Å². The molecule has 1 atom stereocenters.